The molecule has 10 N–H and O–H groups in total. The standard InChI is InChI=1S/C17H26N2O4.C9H22N2/c1-10(9-18)7-17(2,3)8-14(19)13-6-11(15(20)21)4-5-12(13)16(22)23;1-8(4-5-10)6-9(2,3)7-11/h4-6,10,14H,7-9,18-19H2,1-3H3,(H,20,21)(H,22,23);8H,4-7,10-11H2,1-3H3. The lowest BCUT2D eigenvalue weighted by Crippen LogP contribution is -2.27. The van der Waals surface area contributed by atoms with Crippen LogP contribution < -0.4 is 22.9 Å². The van der Waals surface area contributed by atoms with E-state index in [0.717, 1.165) is 25.9 Å². The Morgan fingerprint density at radius 2 is 1.44 bits per heavy atom. The third-order valence-electron chi connectivity index (χ3n) is 6.12. The molecule has 0 aromatic heterocycles. The van der Waals surface area contributed by atoms with Gasteiger partial charge in [0.1, 0.15) is 0 Å². The number of hydrogen-bond donors (Lipinski definition) is 6. The van der Waals surface area contributed by atoms with Crippen LogP contribution in [0.2, 0.25) is 0 Å². The Hall–Kier alpha value is -2.00. The van der Waals surface area contributed by atoms with Gasteiger partial charge in [0.15, 0.2) is 0 Å². The van der Waals surface area contributed by atoms with Crippen molar-refractivity contribution in [3.63, 3.8) is 0 Å². The lowest BCUT2D eigenvalue weighted by Gasteiger charge is -2.31. The van der Waals surface area contributed by atoms with Crippen molar-refractivity contribution < 1.29 is 19.8 Å². The molecule has 0 radical (unpaired) electrons. The molecule has 1 rings (SSSR count). The van der Waals surface area contributed by atoms with Crippen LogP contribution in [0.4, 0.5) is 0 Å². The summed E-state index contributed by atoms with van der Waals surface area (Å²) in [6.07, 6.45) is 3.70. The Morgan fingerprint density at radius 1 is 0.882 bits per heavy atom. The molecule has 0 spiro atoms. The van der Waals surface area contributed by atoms with Crippen molar-refractivity contribution in [2.45, 2.75) is 73.3 Å². The molecule has 0 saturated carbocycles. The Balaban J connectivity index is 0.000000833. The smallest absolute Gasteiger partial charge is 0.336 e. The van der Waals surface area contributed by atoms with Crippen LogP contribution in [0.25, 0.3) is 0 Å². The molecule has 0 amide bonds. The fourth-order valence-corrected chi connectivity index (χ4v) is 4.43. The van der Waals surface area contributed by atoms with Crippen molar-refractivity contribution >= 4 is 11.9 Å². The summed E-state index contributed by atoms with van der Waals surface area (Å²) < 4.78 is 0. The van der Waals surface area contributed by atoms with Gasteiger partial charge in [0, 0.05) is 6.04 Å². The quantitative estimate of drug-likeness (QED) is 0.246. The van der Waals surface area contributed by atoms with Gasteiger partial charge in [-0.05, 0) is 91.7 Å². The van der Waals surface area contributed by atoms with Crippen LogP contribution in [0.5, 0.6) is 0 Å². The molecular weight excluding hydrogens is 432 g/mol. The van der Waals surface area contributed by atoms with E-state index < -0.39 is 18.0 Å². The van der Waals surface area contributed by atoms with Gasteiger partial charge in [0.05, 0.1) is 11.1 Å². The molecule has 8 heteroatoms. The van der Waals surface area contributed by atoms with E-state index in [4.69, 9.17) is 28.0 Å². The molecule has 0 fully saturated rings. The second-order valence-electron chi connectivity index (χ2n) is 11.2. The maximum atomic E-state index is 11.4. The van der Waals surface area contributed by atoms with E-state index in [-0.39, 0.29) is 22.0 Å². The molecule has 0 aliphatic heterocycles. The molecule has 1 aromatic carbocycles. The van der Waals surface area contributed by atoms with E-state index in [1.807, 2.05) is 0 Å². The second-order valence-corrected chi connectivity index (χ2v) is 11.2. The van der Waals surface area contributed by atoms with Crippen LogP contribution in [-0.4, -0.2) is 41.8 Å². The zero-order chi connectivity index (χ0) is 26.7. The average molecular weight is 481 g/mol. The monoisotopic (exact) mass is 480 g/mol. The van der Waals surface area contributed by atoms with Crippen molar-refractivity contribution in [2.75, 3.05) is 19.6 Å². The highest BCUT2D eigenvalue weighted by Gasteiger charge is 2.27. The van der Waals surface area contributed by atoms with Crippen LogP contribution in [-0.2, 0) is 0 Å². The van der Waals surface area contributed by atoms with Crippen molar-refractivity contribution in [3.8, 4) is 0 Å². The third-order valence-corrected chi connectivity index (χ3v) is 6.12. The fourth-order valence-electron chi connectivity index (χ4n) is 4.43. The summed E-state index contributed by atoms with van der Waals surface area (Å²) in [6, 6.07) is 3.39. The molecule has 0 heterocycles. The van der Waals surface area contributed by atoms with Crippen LogP contribution in [0.1, 0.15) is 99.5 Å². The molecule has 0 bridgehead atoms. The number of carboxylic acid groups (broad SMARTS) is 2. The largest absolute Gasteiger partial charge is 0.478 e. The highest BCUT2D eigenvalue weighted by atomic mass is 16.4. The van der Waals surface area contributed by atoms with Crippen molar-refractivity contribution in [1.29, 1.82) is 0 Å². The number of nitrogens with two attached hydrogens (primary N) is 4. The van der Waals surface area contributed by atoms with Gasteiger partial charge >= 0.3 is 11.9 Å². The highest BCUT2D eigenvalue weighted by molar-refractivity contribution is 5.93. The minimum absolute atomic E-state index is 0.0357. The Labute approximate surface area is 205 Å². The predicted octanol–water partition coefficient (Wildman–Crippen LogP) is 3.83. The molecule has 1 aromatic rings. The van der Waals surface area contributed by atoms with Crippen molar-refractivity contribution in [1.82, 2.24) is 0 Å². The third kappa shape index (κ3) is 11.9. The first-order valence-electron chi connectivity index (χ1n) is 12.1. The topological polar surface area (TPSA) is 179 Å². The minimum Gasteiger partial charge on any atom is -0.478 e. The van der Waals surface area contributed by atoms with Gasteiger partial charge in [-0.3, -0.25) is 0 Å². The summed E-state index contributed by atoms with van der Waals surface area (Å²) in [7, 11) is 0. The number of hydrogen-bond acceptors (Lipinski definition) is 6. The molecule has 3 atom stereocenters. The van der Waals surface area contributed by atoms with Crippen molar-refractivity contribution in [3.05, 3.63) is 34.9 Å². The Kier molecular flexibility index (Phi) is 13.6. The summed E-state index contributed by atoms with van der Waals surface area (Å²) >= 11 is 0. The number of benzene rings is 1. The first-order valence-corrected chi connectivity index (χ1v) is 12.1. The molecule has 0 aliphatic rings. The predicted molar refractivity (Wildman–Crippen MR) is 139 cm³/mol. The summed E-state index contributed by atoms with van der Waals surface area (Å²) in [4.78, 5) is 22.5. The summed E-state index contributed by atoms with van der Waals surface area (Å²) in [5.74, 6) is -1.17. The molecular formula is C26H48N4O4. The number of carboxylic acids is 2. The van der Waals surface area contributed by atoms with Crippen LogP contribution in [0, 0.1) is 22.7 Å². The van der Waals surface area contributed by atoms with Crippen LogP contribution in [0.3, 0.4) is 0 Å². The van der Waals surface area contributed by atoms with Gasteiger partial charge in [-0.1, -0.05) is 41.5 Å². The minimum atomic E-state index is -1.11. The van der Waals surface area contributed by atoms with E-state index in [2.05, 4.69) is 41.5 Å². The van der Waals surface area contributed by atoms with Crippen LogP contribution in [0.15, 0.2) is 18.2 Å². The first kappa shape index (κ1) is 32.0. The van der Waals surface area contributed by atoms with E-state index in [1.165, 1.54) is 24.6 Å². The summed E-state index contributed by atoms with van der Waals surface area (Å²) in [6.45, 7) is 15.0. The second kappa shape index (κ2) is 14.4. The van der Waals surface area contributed by atoms with Gasteiger partial charge < -0.3 is 33.1 Å². The molecule has 196 valence electrons. The number of rotatable bonds is 13. The zero-order valence-electron chi connectivity index (χ0n) is 21.9. The van der Waals surface area contributed by atoms with Crippen LogP contribution >= 0.6 is 0 Å². The van der Waals surface area contributed by atoms with E-state index in [0.29, 0.717) is 30.4 Å². The molecule has 34 heavy (non-hydrogen) atoms. The maximum absolute atomic E-state index is 11.4. The van der Waals surface area contributed by atoms with E-state index in [1.54, 1.807) is 0 Å². The molecule has 0 saturated heterocycles. The Bertz CT molecular complexity index is 780. The fraction of sp³-hybridized carbons (Fsp3) is 0.692. The normalized spacial score (nSPS) is 14.5. The summed E-state index contributed by atoms with van der Waals surface area (Å²) in [5, 5.41) is 18.4. The highest BCUT2D eigenvalue weighted by Crippen LogP contribution is 2.35. The zero-order valence-corrected chi connectivity index (χ0v) is 21.9. The van der Waals surface area contributed by atoms with Gasteiger partial charge in [0.25, 0.3) is 0 Å². The summed E-state index contributed by atoms with van der Waals surface area (Å²) in [5.41, 5.74) is 23.5. The molecule has 8 nitrogen and oxygen atoms in total. The van der Waals surface area contributed by atoms with Gasteiger partial charge in [-0.15, -0.1) is 0 Å². The maximum Gasteiger partial charge on any atom is 0.336 e. The Morgan fingerprint density at radius 3 is 1.88 bits per heavy atom. The SMILES string of the molecule is CC(CCN)CC(C)(C)CN.CC(CN)CC(C)(C)CC(N)c1cc(C(=O)O)ccc1C(=O)O. The molecule has 0 aliphatic carbocycles. The van der Waals surface area contributed by atoms with Gasteiger partial charge in [0.2, 0.25) is 0 Å². The first-order chi connectivity index (χ1) is 15.6. The lowest BCUT2D eigenvalue weighted by atomic mass is 9.76. The van der Waals surface area contributed by atoms with Gasteiger partial charge in [-0.2, -0.15) is 0 Å². The van der Waals surface area contributed by atoms with E-state index in [9.17, 15) is 14.7 Å². The van der Waals surface area contributed by atoms with E-state index >= 15 is 0 Å². The van der Waals surface area contributed by atoms with Gasteiger partial charge in [-0.25, -0.2) is 9.59 Å². The van der Waals surface area contributed by atoms with Crippen molar-refractivity contribution in [2.24, 2.45) is 45.6 Å². The number of carbonyl (C=O) groups is 2. The average Bonchev–Trinajstić information content (AvgIpc) is 2.72. The molecule has 3 unspecified atom stereocenters. The lowest BCUT2D eigenvalue weighted by molar-refractivity contribution is 0.0679. The number of aromatic carboxylic acids is 2.